The minimum absolute atomic E-state index is 0.167. The minimum atomic E-state index is -0.517. The van der Waals surface area contributed by atoms with Gasteiger partial charge < -0.3 is 18.9 Å². The summed E-state index contributed by atoms with van der Waals surface area (Å²) in [6.45, 7) is -0.234. The maximum absolute atomic E-state index is 13.6. The van der Waals surface area contributed by atoms with Crippen molar-refractivity contribution in [1.29, 1.82) is 0 Å². The highest BCUT2D eigenvalue weighted by molar-refractivity contribution is 6.03. The van der Waals surface area contributed by atoms with Gasteiger partial charge in [0.15, 0.2) is 0 Å². The van der Waals surface area contributed by atoms with Gasteiger partial charge in [-0.15, -0.1) is 0 Å². The Morgan fingerprint density at radius 1 is 1.11 bits per heavy atom. The fourth-order valence-corrected chi connectivity index (χ4v) is 4.19. The van der Waals surface area contributed by atoms with E-state index >= 15 is 0 Å². The molecule has 0 spiro atoms. The molecule has 1 aromatic heterocycles. The number of ether oxygens (including phenoxy) is 2. The monoisotopic (exact) mass is 478 g/mol. The highest BCUT2D eigenvalue weighted by Gasteiger charge is 2.36. The van der Waals surface area contributed by atoms with Crippen molar-refractivity contribution >= 4 is 17.5 Å². The summed E-state index contributed by atoms with van der Waals surface area (Å²) in [6.07, 6.45) is 2.36. The van der Waals surface area contributed by atoms with Crippen LogP contribution in [0.25, 0.3) is 0 Å². The fraction of sp³-hybridized carbons (Fsp3) is 0.269. The van der Waals surface area contributed by atoms with Crippen LogP contribution in [0.4, 0.5) is 4.39 Å². The van der Waals surface area contributed by atoms with Crippen LogP contribution >= 0.6 is 0 Å². The van der Waals surface area contributed by atoms with E-state index in [1.807, 2.05) is 36.0 Å². The molecule has 0 N–H and O–H groups in total. The van der Waals surface area contributed by atoms with Crippen molar-refractivity contribution in [3.8, 4) is 11.5 Å². The van der Waals surface area contributed by atoms with Gasteiger partial charge in [0.05, 0.1) is 31.7 Å². The highest BCUT2D eigenvalue weighted by atomic mass is 19.1. The number of hydrogen-bond acceptors (Lipinski definition) is 5. The molecule has 182 valence electrons. The van der Waals surface area contributed by atoms with Crippen LogP contribution in [0.1, 0.15) is 34.1 Å². The van der Waals surface area contributed by atoms with Gasteiger partial charge in [-0.1, -0.05) is 6.07 Å². The van der Waals surface area contributed by atoms with E-state index in [2.05, 4.69) is 5.10 Å². The molecule has 1 aliphatic heterocycles. The van der Waals surface area contributed by atoms with E-state index in [9.17, 15) is 14.0 Å². The summed E-state index contributed by atoms with van der Waals surface area (Å²) in [5.74, 6) is -0.132. The maximum atomic E-state index is 13.6. The van der Waals surface area contributed by atoms with Crippen LogP contribution in [0, 0.1) is 5.82 Å². The molecule has 8 nitrogen and oxygen atoms in total. The molecule has 2 heterocycles. The molecule has 35 heavy (non-hydrogen) atoms. The molecule has 3 aromatic rings. The summed E-state index contributed by atoms with van der Waals surface area (Å²) in [5, 5.41) is 6.06. The van der Waals surface area contributed by atoms with Gasteiger partial charge in [0.1, 0.15) is 23.9 Å². The Labute approximate surface area is 203 Å². The van der Waals surface area contributed by atoms with Crippen LogP contribution in [0.15, 0.2) is 65.9 Å². The Kier molecular flexibility index (Phi) is 6.86. The number of hydrazone groups is 1. The number of carbonyl (C=O) groups is 2. The van der Waals surface area contributed by atoms with Crippen molar-refractivity contribution in [2.45, 2.75) is 12.5 Å². The molecule has 1 aliphatic rings. The Bertz CT molecular complexity index is 1290. The number of methoxy groups -OCH3 is 2. The van der Waals surface area contributed by atoms with Crippen LogP contribution < -0.4 is 9.47 Å². The number of aryl methyl sites for hydroxylation is 1. The average molecular weight is 479 g/mol. The summed E-state index contributed by atoms with van der Waals surface area (Å²) in [6, 6.07) is 14.2. The van der Waals surface area contributed by atoms with Crippen molar-refractivity contribution in [1.82, 2.24) is 14.5 Å². The molecule has 0 saturated heterocycles. The molecule has 0 fully saturated rings. The van der Waals surface area contributed by atoms with Gasteiger partial charge in [0.25, 0.3) is 11.8 Å². The second-order valence-electron chi connectivity index (χ2n) is 8.29. The number of nitrogens with zero attached hydrogens (tertiary/aromatic N) is 4. The smallest absolute Gasteiger partial charge is 0.262 e. The van der Waals surface area contributed by atoms with Crippen LogP contribution in [0.3, 0.4) is 0 Å². The topological polar surface area (TPSA) is 76.4 Å². The summed E-state index contributed by atoms with van der Waals surface area (Å²) in [7, 11) is 6.55. The molecule has 9 heteroatoms. The lowest BCUT2D eigenvalue weighted by molar-refractivity contribution is -0.133. The molecular weight excluding hydrogens is 451 g/mol. The van der Waals surface area contributed by atoms with E-state index < -0.39 is 17.8 Å². The van der Waals surface area contributed by atoms with Crippen LogP contribution in [-0.4, -0.2) is 59.8 Å². The lowest BCUT2D eigenvalue weighted by Gasteiger charge is -2.26. The predicted octanol–water partition coefficient (Wildman–Crippen LogP) is 3.63. The first-order valence-electron chi connectivity index (χ1n) is 11.1. The normalized spacial score (nSPS) is 15.1. The van der Waals surface area contributed by atoms with Crippen LogP contribution in [-0.2, 0) is 11.8 Å². The Hall–Kier alpha value is -4.14. The van der Waals surface area contributed by atoms with E-state index in [1.165, 1.54) is 35.2 Å². The Balaban J connectivity index is 1.66. The molecule has 0 unspecified atom stereocenters. The van der Waals surface area contributed by atoms with Gasteiger partial charge in [-0.25, -0.2) is 9.40 Å². The molecule has 0 saturated carbocycles. The number of likely N-dealkylation sites (N-methyl/N-ethyl adjacent to an activating group) is 1. The van der Waals surface area contributed by atoms with Crippen molar-refractivity contribution < 1.29 is 23.5 Å². The van der Waals surface area contributed by atoms with Crippen molar-refractivity contribution in [3.63, 3.8) is 0 Å². The zero-order chi connectivity index (χ0) is 25.1. The van der Waals surface area contributed by atoms with E-state index in [-0.39, 0.29) is 18.0 Å². The summed E-state index contributed by atoms with van der Waals surface area (Å²) in [5.41, 5.74) is 2.53. The van der Waals surface area contributed by atoms with E-state index in [0.717, 1.165) is 23.0 Å². The van der Waals surface area contributed by atoms with Gasteiger partial charge in [-0.3, -0.25) is 9.59 Å². The summed E-state index contributed by atoms with van der Waals surface area (Å²) in [4.78, 5) is 27.5. The lowest BCUT2D eigenvalue weighted by Crippen LogP contribution is -2.39. The van der Waals surface area contributed by atoms with Gasteiger partial charge >= 0.3 is 0 Å². The first-order chi connectivity index (χ1) is 16.8. The van der Waals surface area contributed by atoms with Crippen molar-refractivity contribution in [2.75, 3.05) is 27.8 Å². The molecule has 0 aliphatic carbocycles. The van der Waals surface area contributed by atoms with E-state index in [4.69, 9.17) is 9.47 Å². The number of carbonyl (C=O) groups excluding carboxylic acids is 2. The quantitative estimate of drug-likeness (QED) is 0.520. The molecule has 1 atom stereocenters. The fourth-order valence-electron chi connectivity index (χ4n) is 4.19. The van der Waals surface area contributed by atoms with Crippen molar-refractivity contribution in [2.24, 2.45) is 12.1 Å². The second-order valence-corrected chi connectivity index (χ2v) is 8.29. The van der Waals surface area contributed by atoms with Gasteiger partial charge in [-0.05, 0) is 48.5 Å². The first-order valence-corrected chi connectivity index (χ1v) is 11.1. The number of amides is 2. The van der Waals surface area contributed by atoms with Crippen LogP contribution in [0.2, 0.25) is 0 Å². The van der Waals surface area contributed by atoms with Gasteiger partial charge in [0.2, 0.25) is 0 Å². The molecule has 2 amide bonds. The van der Waals surface area contributed by atoms with Gasteiger partial charge in [0, 0.05) is 37.8 Å². The number of halogens is 1. The van der Waals surface area contributed by atoms with Crippen LogP contribution in [0.5, 0.6) is 11.5 Å². The summed E-state index contributed by atoms with van der Waals surface area (Å²) >= 11 is 0. The second kappa shape index (κ2) is 10.0. The number of benzene rings is 2. The highest BCUT2D eigenvalue weighted by Crippen LogP contribution is 2.39. The molecule has 2 aromatic carbocycles. The zero-order valence-electron chi connectivity index (χ0n) is 20.1. The number of rotatable bonds is 7. The summed E-state index contributed by atoms with van der Waals surface area (Å²) < 4.78 is 26.5. The molecule has 0 radical (unpaired) electrons. The third-order valence-electron chi connectivity index (χ3n) is 5.99. The number of hydrogen-bond donors (Lipinski definition) is 0. The average Bonchev–Trinajstić information content (AvgIpc) is 3.49. The lowest BCUT2D eigenvalue weighted by atomic mass is 9.99. The standard InChI is InChI=1S/C26H27FN4O4/c1-29-12-6-9-22(29)21-15-23(20-14-19(34-3)10-11-24(20)35-4)31(28-21)25(32)16-30(2)26(33)17-7-5-8-18(27)13-17/h5-14,23H,15-16H2,1-4H3/t23-/m1/s1. The molecular formula is C26H27FN4O4. The molecule has 0 bridgehead atoms. The van der Waals surface area contributed by atoms with E-state index in [0.29, 0.717) is 17.9 Å². The third kappa shape index (κ3) is 4.89. The Morgan fingerprint density at radius 2 is 1.91 bits per heavy atom. The van der Waals surface area contributed by atoms with E-state index in [1.54, 1.807) is 26.4 Å². The predicted molar refractivity (Wildman–Crippen MR) is 129 cm³/mol. The maximum Gasteiger partial charge on any atom is 0.262 e. The SMILES string of the molecule is COc1ccc(OC)c([C@H]2CC(c3cccn3C)=NN2C(=O)CN(C)C(=O)c2cccc(F)c2)c1. The van der Waals surface area contributed by atoms with Crippen molar-refractivity contribution in [3.05, 3.63) is 83.4 Å². The Morgan fingerprint density at radius 3 is 2.57 bits per heavy atom. The van der Waals surface area contributed by atoms with Gasteiger partial charge in [-0.2, -0.15) is 5.10 Å². The third-order valence-corrected chi connectivity index (χ3v) is 5.99. The largest absolute Gasteiger partial charge is 0.497 e. The zero-order valence-corrected chi connectivity index (χ0v) is 20.1. The minimum Gasteiger partial charge on any atom is -0.497 e. The molecule has 4 rings (SSSR count). The first kappa shape index (κ1) is 24.0. The number of aromatic nitrogens is 1.